The Kier molecular flexibility index (Phi) is 2.26. The number of rotatable bonds is 2. The first-order valence-corrected chi connectivity index (χ1v) is 3.41. The van der Waals surface area contributed by atoms with Crippen molar-refractivity contribution in [3.8, 4) is 0 Å². The summed E-state index contributed by atoms with van der Waals surface area (Å²) in [5.41, 5.74) is 0.564. The van der Waals surface area contributed by atoms with Crippen LogP contribution in [0.1, 0.15) is 18.9 Å². The lowest BCUT2D eigenvalue weighted by molar-refractivity contribution is 0.500. The van der Waals surface area contributed by atoms with Gasteiger partial charge in [-0.3, -0.25) is 0 Å². The molecule has 0 fully saturated rings. The first-order chi connectivity index (χ1) is 4.84. The summed E-state index contributed by atoms with van der Waals surface area (Å²) in [5, 5.41) is 0. The van der Waals surface area contributed by atoms with Crippen LogP contribution in [-0.2, 0) is 6.42 Å². The summed E-state index contributed by atoms with van der Waals surface area (Å²) in [4.78, 5) is 10.8. The van der Waals surface area contributed by atoms with Crippen LogP contribution in [0.25, 0.3) is 0 Å². The van der Waals surface area contributed by atoms with Crippen LogP contribution in [0.3, 0.4) is 0 Å². The van der Waals surface area contributed by atoms with E-state index < -0.39 is 0 Å². The molecule has 0 aliphatic carbocycles. The van der Waals surface area contributed by atoms with Gasteiger partial charge in [-0.2, -0.15) is 0 Å². The Balaban J connectivity index is 2.92. The monoisotopic (exact) mass is 138 g/mol. The normalized spacial score (nSPS) is 9.70. The molecule has 2 heteroatoms. The largest absolute Gasteiger partial charge is 0.431 e. The van der Waals surface area contributed by atoms with Crippen molar-refractivity contribution in [2.24, 2.45) is 0 Å². The second-order valence-electron chi connectivity index (χ2n) is 2.18. The molecule has 54 valence electrons. The lowest BCUT2D eigenvalue weighted by atomic mass is 10.2. The summed E-state index contributed by atoms with van der Waals surface area (Å²) < 4.78 is 4.66. The minimum Gasteiger partial charge on any atom is -0.431 e. The predicted octanol–water partition coefficient (Wildman–Crippen LogP) is 1.59. The van der Waals surface area contributed by atoms with Crippen LogP contribution in [0.5, 0.6) is 0 Å². The van der Waals surface area contributed by atoms with E-state index in [-0.39, 0.29) is 5.63 Å². The lowest BCUT2D eigenvalue weighted by Crippen LogP contribution is -2.04. The molecule has 1 aromatic heterocycles. The van der Waals surface area contributed by atoms with Crippen LogP contribution in [0, 0.1) is 0 Å². The minimum atomic E-state index is -0.204. The first kappa shape index (κ1) is 7.06. The molecular weight excluding hydrogens is 128 g/mol. The highest BCUT2D eigenvalue weighted by atomic mass is 16.4. The van der Waals surface area contributed by atoms with Crippen LogP contribution >= 0.6 is 0 Å². The summed E-state index contributed by atoms with van der Waals surface area (Å²) in [6, 6.07) is 3.54. The van der Waals surface area contributed by atoms with Crippen molar-refractivity contribution in [2.75, 3.05) is 0 Å². The summed E-state index contributed by atoms with van der Waals surface area (Å²) in [6.07, 6.45) is 3.19. The Morgan fingerprint density at radius 1 is 1.60 bits per heavy atom. The first-order valence-electron chi connectivity index (χ1n) is 3.41. The zero-order chi connectivity index (χ0) is 7.40. The van der Waals surface area contributed by atoms with E-state index in [0.717, 1.165) is 18.4 Å². The highest BCUT2D eigenvalue weighted by molar-refractivity contribution is 5.06. The van der Waals surface area contributed by atoms with Crippen molar-refractivity contribution < 1.29 is 4.42 Å². The molecule has 2 nitrogen and oxygen atoms in total. The van der Waals surface area contributed by atoms with E-state index in [1.54, 1.807) is 12.1 Å². The van der Waals surface area contributed by atoms with E-state index in [2.05, 4.69) is 4.42 Å². The van der Waals surface area contributed by atoms with E-state index in [1.807, 2.05) is 6.92 Å². The molecule has 0 aliphatic heterocycles. The van der Waals surface area contributed by atoms with Crippen molar-refractivity contribution in [3.05, 3.63) is 34.4 Å². The molecule has 1 rings (SSSR count). The average Bonchev–Trinajstić information content (AvgIpc) is 1.94. The fourth-order valence-electron chi connectivity index (χ4n) is 0.855. The van der Waals surface area contributed by atoms with Crippen molar-refractivity contribution in [3.63, 3.8) is 0 Å². The van der Waals surface area contributed by atoms with Gasteiger partial charge in [0.05, 0.1) is 6.26 Å². The second-order valence-corrected chi connectivity index (χ2v) is 2.18. The molecule has 0 amide bonds. The molecule has 0 unspecified atom stereocenters. The smallest absolute Gasteiger partial charge is 0.338 e. The standard InChI is InChI=1S/C8H10O2/c1-2-4-7-5-3-6-10-8(7)9/h3,5-6H,2,4H2,1H3. The third kappa shape index (κ3) is 1.47. The van der Waals surface area contributed by atoms with E-state index in [4.69, 9.17) is 0 Å². The van der Waals surface area contributed by atoms with Crippen molar-refractivity contribution in [1.82, 2.24) is 0 Å². The van der Waals surface area contributed by atoms with Crippen LogP contribution in [-0.4, -0.2) is 0 Å². The Morgan fingerprint density at radius 3 is 3.00 bits per heavy atom. The molecule has 0 atom stereocenters. The highest BCUT2D eigenvalue weighted by Crippen LogP contribution is 1.94. The van der Waals surface area contributed by atoms with Gasteiger partial charge in [0.2, 0.25) is 0 Å². The Morgan fingerprint density at radius 2 is 2.40 bits per heavy atom. The third-order valence-electron chi connectivity index (χ3n) is 1.33. The molecular formula is C8H10O2. The SMILES string of the molecule is CCCc1cccoc1=O. The average molecular weight is 138 g/mol. The van der Waals surface area contributed by atoms with Crippen LogP contribution in [0.4, 0.5) is 0 Å². The van der Waals surface area contributed by atoms with Gasteiger partial charge in [-0.1, -0.05) is 13.3 Å². The molecule has 0 saturated carbocycles. The number of aryl methyl sites for hydroxylation is 1. The van der Waals surface area contributed by atoms with E-state index >= 15 is 0 Å². The summed E-state index contributed by atoms with van der Waals surface area (Å²) in [5.74, 6) is 0. The van der Waals surface area contributed by atoms with Gasteiger partial charge in [-0.15, -0.1) is 0 Å². The zero-order valence-electron chi connectivity index (χ0n) is 5.96. The van der Waals surface area contributed by atoms with E-state index in [1.165, 1.54) is 6.26 Å². The van der Waals surface area contributed by atoms with Gasteiger partial charge < -0.3 is 4.42 Å². The third-order valence-corrected chi connectivity index (χ3v) is 1.33. The van der Waals surface area contributed by atoms with Gasteiger partial charge in [0, 0.05) is 5.56 Å². The van der Waals surface area contributed by atoms with Gasteiger partial charge in [-0.05, 0) is 18.6 Å². The molecule has 0 N–H and O–H groups in total. The molecule has 0 aromatic carbocycles. The molecule has 10 heavy (non-hydrogen) atoms. The Hall–Kier alpha value is -1.05. The van der Waals surface area contributed by atoms with Crippen molar-refractivity contribution >= 4 is 0 Å². The van der Waals surface area contributed by atoms with Crippen LogP contribution in [0.15, 0.2) is 27.6 Å². The van der Waals surface area contributed by atoms with E-state index in [0.29, 0.717) is 0 Å². The molecule has 0 saturated heterocycles. The fraction of sp³-hybridized carbons (Fsp3) is 0.375. The highest BCUT2D eigenvalue weighted by Gasteiger charge is 1.95. The topological polar surface area (TPSA) is 30.2 Å². The van der Waals surface area contributed by atoms with Gasteiger partial charge in [0.25, 0.3) is 0 Å². The lowest BCUT2D eigenvalue weighted by Gasteiger charge is -1.91. The van der Waals surface area contributed by atoms with Gasteiger partial charge >= 0.3 is 5.63 Å². The van der Waals surface area contributed by atoms with Crippen LogP contribution in [0.2, 0.25) is 0 Å². The molecule has 1 heterocycles. The van der Waals surface area contributed by atoms with Crippen molar-refractivity contribution in [2.45, 2.75) is 19.8 Å². The summed E-state index contributed by atoms with van der Waals surface area (Å²) in [7, 11) is 0. The summed E-state index contributed by atoms with van der Waals surface area (Å²) in [6.45, 7) is 2.03. The Bertz CT molecular complexity index is 249. The predicted molar refractivity (Wildman–Crippen MR) is 39.0 cm³/mol. The maximum absolute atomic E-state index is 10.8. The van der Waals surface area contributed by atoms with Gasteiger partial charge in [0.1, 0.15) is 0 Å². The van der Waals surface area contributed by atoms with Gasteiger partial charge in [-0.25, -0.2) is 4.79 Å². The number of hydrogen-bond acceptors (Lipinski definition) is 2. The molecule has 0 aliphatic rings. The maximum atomic E-state index is 10.8. The minimum absolute atomic E-state index is 0.204. The van der Waals surface area contributed by atoms with E-state index in [9.17, 15) is 4.79 Å². The Labute approximate surface area is 59.5 Å². The number of hydrogen-bond donors (Lipinski definition) is 0. The summed E-state index contributed by atoms with van der Waals surface area (Å²) >= 11 is 0. The van der Waals surface area contributed by atoms with Gasteiger partial charge in [0.15, 0.2) is 0 Å². The fourth-order valence-corrected chi connectivity index (χ4v) is 0.855. The quantitative estimate of drug-likeness (QED) is 0.621. The second kappa shape index (κ2) is 3.20. The van der Waals surface area contributed by atoms with Crippen molar-refractivity contribution in [1.29, 1.82) is 0 Å². The maximum Gasteiger partial charge on any atom is 0.338 e. The molecule has 1 aromatic rings. The zero-order valence-corrected chi connectivity index (χ0v) is 5.96. The molecule has 0 spiro atoms. The molecule has 0 radical (unpaired) electrons. The molecule has 0 bridgehead atoms. The van der Waals surface area contributed by atoms with Crippen LogP contribution < -0.4 is 5.63 Å².